The van der Waals surface area contributed by atoms with Crippen LogP contribution in [-0.2, 0) is 14.3 Å². The zero-order chi connectivity index (χ0) is 14.4. The van der Waals surface area contributed by atoms with Crippen LogP contribution >= 0.6 is 11.8 Å². The summed E-state index contributed by atoms with van der Waals surface area (Å²) in [6, 6.07) is 0. The van der Waals surface area contributed by atoms with E-state index in [1.54, 1.807) is 0 Å². The third-order valence-electron chi connectivity index (χ3n) is 4.49. The Kier molecular flexibility index (Phi) is 6.18. The maximum absolute atomic E-state index is 12.3. The van der Waals surface area contributed by atoms with E-state index in [0.717, 1.165) is 57.6 Å². The van der Waals surface area contributed by atoms with Crippen LogP contribution in [-0.4, -0.2) is 49.4 Å². The van der Waals surface area contributed by atoms with Gasteiger partial charge in [0.05, 0.1) is 25.6 Å². The molecular weight excluding hydrogens is 274 g/mol. The van der Waals surface area contributed by atoms with Gasteiger partial charge in [-0.25, -0.2) is 0 Å². The molecular formula is C15H27NO3S. The van der Waals surface area contributed by atoms with Crippen molar-refractivity contribution in [3.8, 4) is 0 Å². The molecule has 2 atom stereocenters. The fraction of sp³-hybridized carbons (Fsp3) is 0.933. The zero-order valence-electron chi connectivity index (χ0n) is 12.7. The van der Waals surface area contributed by atoms with Gasteiger partial charge in [0.2, 0.25) is 0 Å². The quantitative estimate of drug-likeness (QED) is 0.697. The molecule has 0 amide bonds. The van der Waals surface area contributed by atoms with Crippen molar-refractivity contribution in [3.05, 3.63) is 0 Å². The highest BCUT2D eigenvalue weighted by molar-refractivity contribution is 8.00. The van der Waals surface area contributed by atoms with Crippen LogP contribution in [0, 0.1) is 5.92 Å². The summed E-state index contributed by atoms with van der Waals surface area (Å²) in [5.41, 5.74) is -0.429. The Balaban J connectivity index is 1.90. The fourth-order valence-electron chi connectivity index (χ4n) is 3.26. The highest BCUT2D eigenvalue weighted by Crippen LogP contribution is 2.40. The minimum Gasteiger partial charge on any atom is -0.468 e. The van der Waals surface area contributed by atoms with Crippen LogP contribution in [0.1, 0.15) is 39.0 Å². The highest BCUT2D eigenvalue weighted by Gasteiger charge is 2.49. The van der Waals surface area contributed by atoms with Gasteiger partial charge in [0.1, 0.15) is 5.54 Å². The Labute approximate surface area is 126 Å². The summed E-state index contributed by atoms with van der Waals surface area (Å²) < 4.78 is 10.3. The molecule has 0 aromatic heterocycles. The summed E-state index contributed by atoms with van der Waals surface area (Å²) in [5.74, 6) is 1.46. The van der Waals surface area contributed by atoms with Gasteiger partial charge in [0.25, 0.3) is 0 Å². The Bertz CT molecular complexity index is 322. The highest BCUT2D eigenvalue weighted by atomic mass is 32.2. The van der Waals surface area contributed by atoms with E-state index in [1.807, 2.05) is 11.8 Å². The second-order valence-corrected chi connectivity index (χ2v) is 7.21. The number of esters is 1. The van der Waals surface area contributed by atoms with Gasteiger partial charge in [0.15, 0.2) is 0 Å². The third-order valence-corrected chi connectivity index (χ3v) is 5.70. The summed E-state index contributed by atoms with van der Waals surface area (Å²) in [6.07, 6.45) is 5.30. The van der Waals surface area contributed by atoms with Crippen LogP contribution in [0.3, 0.4) is 0 Å². The molecule has 1 aliphatic carbocycles. The summed E-state index contributed by atoms with van der Waals surface area (Å²) >= 11 is 1.99. The van der Waals surface area contributed by atoms with Crippen molar-refractivity contribution in [1.82, 2.24) is 5.32 Å². The lowest BCUT2D eigenvalue weighted by Crippen LogP contribution is -2.55. The Morgan fingerprint density at radius 3 is 2.90 bits per heavy atom. The Hall–Kier alpha value is -0.260. The van der Waals surface area contributed by atoms with Gasteiger partial charge in [-0.15, -0.1) is 0 Å². The van der Waals surface area contributed by atoms with Gasteiger partial charge in [-0.05, 0) is 43.9 Å². The molecule has 4 nitrogen and oxygen atoms in total. The van der Waals surface area contributed by atoms with Crippen LogP contribution in [0.25, 0.3) is 0 Å². The van der Waals surface area contributed by atoms with Crippen LogP contribution in [0.15, 0.2) is 0 Å². The minimum absolute atomic E-state index is 0.0644. The van der Waals surface area contributed by atoms with Crippen LogP contribution < -0.4 is 5.32 Å². The number of carbonyl (C=O) groups is 1. The molecule has 1 saturated carbocycles. The standard InChI is InChI=1S/C15H27NO3S/c1-3-8-16-15(14(17)18-2)7-4-5-12(15)6-9-20-13-10-19-11-13/h12-13,16H,3-11H2,1-2H3. The number of hydrogen-bond donors (Lipinski definition) is 1. The molecule has 2 rings (SSSR count). The molecule has 5 heteroatoms. The molecule has 116 valence electrons. The number of carbonyl (C=O) groups excluding carboxylic acids is 1. The van der Waals surface area contributed by atoms with E-state index in [2.05, 4.69) is 12.2 Å². The molecule has 20 heavy (non-hydrogen) atoms. The molecule has 0 bridgehead atoms. The number of rotatable bonds is 8. The normalized spacial score (nSPS) is 30.2. The molecule has 1 saturated heterocycles. The number of thioether (sulfide) groups is 1. The fourth-order valence-corrected chi connectivity index (χ4v) is 4.40. The molecule has 1 N–H and O–H groups in total. The van der Waals surface area contributed by atoms with Crippen molar-refractivity contribution in [2.45, 2.75) is 49.8 Å². The molecule has 2 aliphatic rings. The van der Waals surface area contributed by atoms with E-state index in [4.69, 9.17) is 9.47 Å². The van der Waals surface area contributed by atoms with E-state index in [9.17, 15) is 4.79 Å². The van der Waals surface area contributed by atoms with Crippen molar-refractivity contribution in [1.29, 1.82) is 0 Å². The van der Waals surface area contributed by atoms with Crippen molar-refractivity contribution in [3.63, 3.8) is 0 Å². The van der Waals surface area contributed by atoms with E-state index in [0.29, 0.717) is 11.2 Å². The molecule has 1 aliphatic heterocycles. The van der Waals surface area contributed by atoms with Gasteiger partial charge in [-0.1, -0.05) is 13.3 Å². The summed E-state index contributed by atoms with van der Waals surface area (Å²) in [4.78, 5) is 12.3. The van der Waals surface area contributed by atoms with Gasteiger partial charge in [-0.2, -0.15) is 11.8 Å². The SMILES string of the molecule is CCCNC1(C(=O)OC)CCCC1CCSC1COC1. The lowest BCUT2D eigenvalue weighted by Gasteiger charge is -2.34. The maximum atomic E-state index is 12.3. The predicted molar refractivity (Wildman–Crippen MR) is 82.1 cm³/mol. The van der Waals surface area contributed by atoms with Crippen molar-refractivity contribution in [2.75, 3.05) is 32.6 Å². The summed E-state index contributed by atoms with van der Waals surface area (Å²) in [6.45, 7) is 4.81. The molecule has 2 unspecified atom stereocenters. The average Bonchev–Trinajstić information content (AvgIpc) is 2.82. The van der Waals surface area contributed by atoms with Crippen LogP contribution in [0.4, 0.5) is 0 Å². The third kappa shape index (κ3) is 3.49. The number of methoxy groups -OCH3 is 1. The smallest absolute Gasteiger partial charge is 0.326 e. The van der Waals surface area contributed by atoms with E-state index < -0.39 is 5.54 Å². The van der Waals surface area contributed by atoms with Gasteiger partial charge < -0.3 is 14.8 Å². The van der Waals surface area contributed by atoms with Crippen LogP contribution in [0.5, 0.6) is 0 Å². The molecule has 0 aromatic rings. The largest absolute Gasteiger partial charge is 0.468 e. The molecule has 0 aromatic carbocycles. The maximum Gasteiger partial charge on any atom is 0.326 e. The van der Waals surface area contributed by atoms with Crippen molar-refractivity contribution < 1.29 is 14.3 Å². The first kappa shape index (κ1) is 16.1. The Morgan fingerprint density at radius 2 is 2.30 bits per heavy atom. The average molecular weight is 301 g/mol. The lowest BCUT2D eigenvalue weighted by molar-refractivity contribution is -0.150. The van der Waals surface area contributed by atoms with E-state index in [1.165, 1.54) is 7.11 Å². The Morgan fingerprint density at radius 1 is 1.50 bits per heavy atom. The molecule has 1 heterocycles. The molecule has 2 fully saturated rings. The topological polar surface area (TPSA) is 47.6 Å². The van der Waals surface area contributed by atoms with Crippen LogP contribution in [0.2, 0.25) is 0 Å². The number of ether oxygens (including phenoxy) is 2. The minimum atomic E-state index is -0.429. The van der Waals surface area contributed by atoms with E-state index >= 15 is 0 Å². The second-order valence-electron chi connectivity index (χ2n) is 5.80. The predicted octanol–water partition coefficient (Wildman–Crippen LogP) is 2.22. The first-order valence-corrected chi connectivity index (χ1v) is 8.80. The molecule has 0 spiro atoms. The summed E-state index contributed by atoms with van der Waals surface area (Å²) in [5, 5.41) is 4.18. The summed E-state index contributed by atoms with van der Waals surface area (Å²) in [7, 11) is 1.51. The van der Waals surface area contributed by atoms with E-state index in [-0.39, 0.29) is 5.97 Å². The number of nitrogens with one attached hydrogen (secondary N) is 1. The first-order valence-electron chi connectivity index (χ1n) is 7.75. The lowest BCUT2D eigenvalue weighted by atomic mass is 9.85. The van der Waals surface area contributed by atoms with Crippen molar-refractivity contribution in [2.24, 2.45) is 5.92 Å². The monoisotopic (exact) mass is 301 g/mol. The van der Waals surface area contributed by atoms with Gasteiger partial charge in [0, 0.05) is 0 Å². The van der Waals surface area contributed by atoms with Gasteiger partial charge in [-0.3, -0.25) is 4.79 Å². The second kappa shape index (κ2) is 7.66. The molecule has 0 radical (unpaired) electrons. The zero-order valence-corrected chi connectivity index (χ0v) is 13.5. The first-order chi connectivity index (χ1) is 9.73. The number of hydrogen-bond acceptors (Lipinski definition) is 5. The van der Waals surface area contributed by atoms with Crippen molar-refractivity contribution >= 4 is 17.7 Å². The van der Waals surface area contributed by atoms with Gasteiger partial charge >= 0.3 is 5.97 Å².